The molecule has 2 rings (SSSR count). The second kappa shape index (κ2) is 8.00. The number of aliphatic imine (C=N–C) groups is 1. The molecule has 140 valence electrons. The van der Waals surface area contributed by atoms with Gasteiger partial charge in [-0.25, -0.2) is 17.2 Å². The summed E-state index contributed by atoms with van der Waals surface area (Å²) >= 11 is 0. The van der Waals surface area contributed by atoms with E-state index < -0.39 is 27.4 Å². The normalized spacial score (nSPS) is 17.9. The number of hydrogen-bond donors (Lipinski definition) is 2. The maximum Gasteiger partial charge on any atom is 0.350 e. The molecular weight excluding hydrogens is 364 g/mol. The first-order chi connectivity index (χ1) is 11.7. The van der Waals surface area contributed by atoms with Crippen molar-refractivity contribution in [3.63, 3.8) is 0 Å². The Morgan fingerprint density at radius 2 is 1.96 bits per heavy atom. The molecule has 0 amide bonds. The van der Waals surface area contributed by atoms with Crippen LogP contribution in [0.4, 0.5) is 23.2 Å². The highest BCUT2D eigenvalue weighted by Crippen LogP contribution is 2.23. The Morgan fingerprint density at radius 3 is 2.56 bits per heavy atom. The van der Waals surface area contributed by atoms with E-state index in [1.807, 2.05) is 0 Å². The molecule has 1 aromatic carbocycles. The third-order valence-electron chi connectivity index (χ3n) is 3.87. The number of anilines is 1. The summed E-state index contributed by atoms with van der Waals surface area (Å²) in [7, 11) is -4.55. The van der Waals surface area contributed by atoms with Crippen molar-refractivity contribution in [3.05, 3.63) is 29.8 Å². The van der Waals surface area contributed by atoms with Crippen LogP contribution in [-0.2, 0) is 10.0 Å². The quantitative estimate of drug-likeness (QED) is 0.463. The van der Waals surface area contributed by atoms with E-state index in [4.69, 9.17) is 5.73 Å². The average Bonchev–Trinajstić information content (AvgIpc) is 2.56. The molecule has 0 aromatic heterocycles. The van der Waals surface area contributed by atoms with Crippen LogP contribution < -0.4 is 11.1 Å². The maximum atomic E-state index is 13.5. The predicted octanol–water partition coefficient (Wildman–Crippen LogP) is 1.96. The number of nitrogens with two attached hydrogens (primary N) is 1. The Morgan fingerprint density at radius 1 is 1.32 bits per heavy atom. The van der Waals surface area contributed by atoms with Crippen molar-refractivity contribution in [1.29, 1.82) is 0 Å². The van der Waals surface area contributed by atoms with E-state index in [-0.39, 0.29) is 37.2 Å². The molecule has 11 heteroatoms. The second-order valence-electron chi connectivity index (χ2n) is 5.62. The zero-order chi connectivity index (χ0) is 18.6. The molecule has 0 unspecified atom stereocenters. The van der Waals surface area contributed by atoms with Crippen LogP contribution in [0.15, 0.2) is 23.2 Å². The number of hydrogen-bond acceptors (Lipinski definition) is 3. The smallest absolute Gasteiger partial charge is 0.350 e. The molecule has 0 spiro atoms. The van der Waals surface area contributed by atoms with Crippen LogP contribution in [0.2, 0.25) is 0 Å². The monoisotopic (exact) mass is 382 g/mol. The Labute approximate surface area is 142 Å². The summed E-state index contributed by atoms with van der Waals surface area (Å²) in [5.41, 5.74) is 5.47. The summed E-state index contributed by atoms with van der Waals surface area (Å²) in [6.45, 7) is 0.190. The number of halogens is 4. The van der Waals surface area contributed by atoms with E-state index in [1.165, 1.54) is 0 Å². The summed E-state index contributed by atoms with van der Waals surface area (Å²) in [5.74, 6) is -4.91. The lowest BCUT2D eigenvalue weighted by Crippen LogP contribution is -2.41. The highest BCUT2D eigenvalue weighted by molar-refractivity contribution is 7.89. The van der Waals surface area contributed by atoms with Gasteiger partial charge in [-0.1, -0.05) is 0 Å². The number of rotatable bonds is 5. The van der Waals surface area contributed by atoms with Crippen molar-refractivity contribution in [3.8, 4) is 0 Å². The van der Waals surface area contributed by atoms with Gasteiger partial charge in [-0.05, 0) is 30.9 Å². The molecular formula is C14H18F4N4O2S. The molecule has 0 aliphatic carbocycles. The third kappa shape index (κ3) is 5.05. The zero-order valence-corrected chi connectivity index (χ0v) is 13.9. The number of nitrogens with zero attached hydrogens (tertiary/aromatic N) is 2. The molecule has 6 nitrogen and oxygen atoms in total. The summed E-state index contributed by atoms with van der Waals surface area (Å²) in [6.07, 6.45) is 0.716. The summed E-state index contributed by atoms with van der Waals surface area (Å²) < 4.78 is 75.0. The van der Waals surface area contributed by atoms with E-state index in [0.717, 1.165) is 22.5 Å². The number of alkyl halides is 2. The van der Waals surface area contributed by atoms with Crippen molar-refractivity contribution in [2.75, 3.05) is 25.0 Å². The minimum absolute atomic E-state index is 0.0152. The second-order valence-corrected chi connectivity index (χ2v) is 7.53. The van der Waals surface area contributed by atoms with Crippen LogP contribution in [0, 0.1) is 17.6 Å². The predicted molar refractivity (Wildman–Crippen MR) is 85.7 cm³/mol. The fourth-order valence-electron chi connectivity index (χ4n) is 2.46. The minimum atomic E-state index is -4.55. The van der Waals surface area contributed by atoms with Gasteiger partial charge in [0, 0.05) is 25.7 Å². The maximum absolute atomic E-state index is 13.5. The van der Waals surface area contributed by atoms with Crippen LogP contribution in [0.25, 0.3) is 0 Å². The number of guanidine groups is 1. The molecule has 1 aliphatic heterocycles. The van der Waals surface area contributed by atoms with E-state index in [9.17, 15) is 26.0 Å². The lowest BCUT2D eigenvalue weighted by molar-refractivity contribution is 0.205. The van der Waals surface area contributed by atoms with E-state index in [1.54, 1.807) is 0 Å². The standard InChI is InChI=1S/C14H18F4N4O2S/c15-10-1-2-11(16)12(7-10)21-14(19)20-8-9-3-5-22(6-4-9)25(23,24)13(17)18/h1-2,7,9,13H,3-6,8H2,(H3,19,20,21). The molecule has 1 aliphatic rings. The first-order valence-electron chi connectivity index (χ1n) is 7.49. The summed E-state index contributed by atoms with van der Waals surface area (Å²) in [5, 5.41) is 2.45. The molecule has 0 saturated carbocycles. The lowest BCUT2D eigenvalue weighted by atomic mass is 9.98. The SMILES string of the molecule is NC(=NCC1CCN(S(=O)(=O)C(F)F)CC1)Nc1cc(F)ccc1F. The number of benzene rings is 1. The Kier molecular flexibility index (Phi) is 6.22. The van der Waals surface area contributed by atoms with Gasteiger partial charge in [0.1, 0.15) is 11.6 Å². The van der Waals surface area contributed by atoms with Gasteiger partial charge < -0.3 is 11.1 Å². The highest BCUT2D eigenvalue weighted by atomic mass is 32.2. The van der Waals surface area contributed by atoms with E-state index >= 15 is 0 Å². The summed E-state index contributed by atoms with van der Waals surface area (Å²) in [6, 6.07) is 2.85. The first-order valence-corrected chi connectivity index (χ1v) is 8.99. The largest absolute Gasteiger partial charge is 0.370 e. The van der Waals surface area contributed by atoms with Crippen molar-refractivity contribution in [2.45, 2.75) is 18.6 Å². The number of piperidine rings is 1. The van der Waals surface area contributed by atoms with Crippen molar-refractivity contribution in [2.24, 2.45) is 16.6 Å². The summed E-state index contributed by atoms with van der Waals surface area (Å²) in [4.78, 5) is 4.01. The fourth-order valence-corrected chi connectivity index (χ4v) is 3.40. The first kappa shape index (κ1) is 19.4. The van der Waals surface area contributed by atoms with Gasteiger partial charge in [-0.2, -0.15) is 13.1 Å². The van der Waals surface area contributed by atoms with E-state index in [0.29, 0.717) is 12.8 Å². The topological polar surface area (TPSA) is 87.8 Å². The molecule has 3 N–H and O–H groups in total. The zero-order valence-electron chi connectivity index (χ0n) is 13.1. The van der Waals surface area contributed by atoms with Gasteiger partial charge in [0.2, 0.25) is 0 Å². The van der Waals surface area contributed by atoms with Gasteiger partial charge >= 0.3 is 5.76 Å². The van der Waals surface area contributed by atoms with Crippen molar-refractivity contribution in [1.82, 2.24) is 4.31 Å². The molecule has 1 aromatic rings. The Balaban J connectivity index is 1.87. The Bertz CT molecular complexity index is 734. The van der Waals surface area contributed by atoms with E-state index in [2.05, 4.69) is 10.3 Å². The van der Waals surface area contributed by atoms with Gasteiger partial charge in [0.15, 0.2) is 5.96 Å². The van der Waals surface area contributed by atoms with Crippen LogP contribution in [0.5, 0.6) is 0 Å². The van der Waals surface area contributed by atoms with Crippen LogP contribution in [-0.4, -0.2) is 44.1 Å². The van der Waals surface area contributed by atoms with Gasteiger partial charge in [0.25, 0.3) is 10.0 Å². The van der Waals surface area contributed by atoms with Crippen LogP contribution >= 0.6 is 0 Å². The number of nitrogens with one attached hydrogen (secondary N) is 1. The molecule has 1 heterocycles. The molecule has 0 atom stereocenters. The van der Waals surface area contributed by atoms with Crippen molar-refractivity contribution < 1.29 is 26.0 Å². The number of sulfonamides is 1. The molecule has 0 bridgehead atoms. The average molecular weight is 382 g/mol. The van der Waals surface area contributed by atoms with Crippen LogP contribution in [0.1, 0.15) is 12.8 Å². The highest BCUT2D eigenvalue weighted by Gasteiger charge is 2.34. The molecule has 1 fully saturated rings. The molecule has 25 heavy (non-hydrogen) atoms. The fraction of sp³-hybridized carbons (Fsp3) is 0.500. The Hall–Kier alpha value is -1.88. The molecule has 0 radical (unpaired) electrons. The van der Waals surface area contributed by atoms with Gasteiger partial charge in [-0.15, -0.1) is 0 Å². The van der Waals surface area contributed by atoms with Gasteiger partial charge in [0.05, 0.1) is 5.69 Å². The minimum Gasteiger partial charge on any atom is -0.370 e. The third-order valence-corrected chi connectivity index (χ3v) is 5.40. The lowest BCUT2D eigenvalue weighted by Gasteiger charge is -2.30. The van der Waals surface area contributed by atoms with Crippen LogP contribution in [0.3, 0.4) is 0 Å². The van der Waals surface area contributed by atoms with Gasteiger partial charge in [-0.3, -0.25) is 4.99 Å². The molecule has 1 saturated heterocycles. The van der Waals surface area contributed by atoms with Crippen molar-refractivity contribution >= 4 is 21.7 Å².